The second-order valence-electron chi connectivity index (χ2n) is 4.74. The van der Waals surface area contributed by atoms with E-state index in [1.807, 2.05) is 0 Å². The summed E-state index contributed by atoms with van der Waals surface area (Å²) in [6, 6.07) is 1.48. The summed E-state index contributed by atoms with van der Waals surface area (Å²) in [6.07, 6.45) is 1.45. The molecule has 0 saturated carbocycles. The Morgan fingerprint density at radius 3 is 2.70 bits per heavy atom. The summed E-state index contributed by atoms with van der Waals surface area (Å²) in [5, 5.41) is 0.411. The fraction of sp³-hybridized carbons (Fsp3) is 0.636. The third-order valence-corrected chi connectivity index (χ3v) is 8.18. The van der Waals surface area contributed by atoms with Crippen LogP contribution in [0.5, 0.6) is 0 Å². The fourth-order valence-electron chi connectivity index (χ4n) is 2.47. The van der Waals surface area contributed by atoms with Gasteiger partial charge in [0.25, 0.3) is 10.0 Å². The highest BCUT2D eigenvalue weighted by Crippen LogP contribution is 2.38. The molecular formula is C11H13BrClNO4S2. The number of hydrogen-bond acceptors (Lipinski definition) is 5. The van der Waals surface area contributed by atoms with Crippen LogP contribution in [0.15, 0.2) is 14.1 Å². The summed E-state index contributed by atoms with van der Waals surface area (Å²) in [5.41, 5.74) is 0. The van der Waals surface area contributed by atoms with Crippen molar-refractivity contribution in [3.05, 3.63) is 14.9 Å². The second kappa shape index (κ2) is 5.49. The van der Waals surface area contributed by atoms with Gasteiger partial charge in [-0.1, -0.05) is 11.6 Å². The average molecular weight is 403 g/mol. The molecule has 0 N–H and O–H groups in total. The maximum absolute atomic E-state index is 12.6. The molecule has 0 aromatic carbocycles. The van der Waals surface area contributed by atoms with Crippen LogP contribution < -0.4 is 0 Å². The molecule has 112 valence electrons. The van der Waals surface area contributed by atoms with Crippen LogP contribution in [0.4, 0.5) is 0 Å². The van der Waals surface area contributed by atoms with E-state index in [0.717, 1.165) is 24.2 Å². The minimum atomic E-state index is -3.55. The summed E-state index contributed by atoms with van der Waals surface area (Å²) in [6.45, 7) is 1.75. The Labute approximate surface area is 135 Å². The smallest absolute Gasteiger partial charge is 0.252 e. The highest BCUT2D eigenvalue weighted by molar-refractivity contribution is 9.11. The molecule has 3 rings (SSSR count). The molecule has 0 unspecified atom stereocenters. The van der Waals surface area contributed by atoms with E-state index < -0.39 is 15.8 Å². The molecule has 1 aromatic rings. The van der Waals surface area contributed by atoms with E-state index in [9.17, 15) is 8.42 Å². The predicted octanol–water partition coefficient (Wildman–Crippen LogP) is 2.69. The van der Waals surface area contributed by atoms with Crippen molar-refractivity contribution < 1.29 is 17.9 Å². The highest BCUT2D eigenvalue weighted by Gasteiger charge is 2.44. The van der Waals surface area contributed by atoms with Crippen molar-refractivity contribution in [1.82, 2.24) is 4.31 Å². The van der Waals surface area contributed by atoms with Crippen molar-refractivity contribution in [2.45, 2.75) is 22.8 Å². The molecule has 2 saturated heterocycles. The minimum absolute atomic E-state index is 0.239. The predicted molar refractivity (Wildman–Crippen MR) is 79.7 cm³/mol. The number of thiophene rings is 1. The molecule has 0 aliphatic carbocycles. The lowest BCUT2D eigenvalue weighted by Crippen LogP contribution is -2.50. The van der Waals surface area contributed by atoms with Crippen molar-refractivity contribution >= 4 is 48.9 Å². The molecule has 2 aliphatic rings. The lowest BCUT2D eigenvalue weighted by Gasteiger charge is -2.37. The van der Waals surface area contributed by atoms with Crippen molar-refractivity contribution in [2.75, 3.05) is 26.3 Å². The third-order valence-electron chi connectivity index (χ3n) is 3.41. The molecule has 20 heavy (non-hydrogen) atoms. The summed E-state index contributed by atoms with van der Waals surface area (Å²) in [4.78, 5) is 0. The highest BCUT2D eigenvalue weighted by atomic mass is 79.9. The first-order chi connectivity index (χ1) is 9.43. The monoisotopic (exact) mass is 401 g/mol. The number of halogens is 2. The van der Waals surface area contributed by atoms with Gasteiger partial charge in [0, 0.05) is 13.0 Å². The van der Waals surface area contributed by atoms with Gasteiger partial charge in [-0.2, -0.15) is 4.31 Å². The van der Waals surface area contributed by atoms with Gasteiger partial charge in [-0.05, 0) is 28.4 Å². The maximum atomic E-state index is 12.6. The van der Waals surface area contributed by atoms with Gasteiger partial charge in [0.05, 0.1) is 28.6 Å². The molecule has 1 spiro atoms. The lowest BCUT2D eigenvalue weighted by molar-refractivity contribution is -0.179. The van der Waals surface area contributed by atoms with Gasteiger partial charge < -0.3 is 9.47 Å². The molecule has 0 bridgehead atoms. The first-order valence-electron chi connectivity index (χ1n) is 6.16. The topological polar surface area (TPSA) is 55.8 Å². The Balaban J connectivity index is 1.87. The van der Waals surface area contributed by atoms with Gasteiger partial charge >= 0.3 is 0 Å². The van der Waals surface area contributed by atoms with Crippen LogP contribution in [0.3, 0.4) is 0 Å². The van der Waals surface area contributed by atoms with E-state index in [0.29, 0.717) is 28.6 Å². The van der Waals surface area contributed by atoms with E-state index >= 15 is 0 Å². The van der Waals surface area contributed by atoms with Crippen LogP contribution in [-0.4, -0.2) is 44.8 Å². The van der Waals surface area contributed by atoms with Crippen LogP contribution in [0.2, 0.25) is 5.02 Å². The molecule has 2 aliphatic heterocycles. The summed E-state index contributed by atoms with van der Waals surface area (Å²) in [5.74, 6) is -0.760. The van der Waals surface area contributed by atoms with Gasteiger partial charge in [0.2, 0.25) is 0 Å². The molecular weight excluding hydrogens is 390 g/mol. The normalized spacial score (nSPS) is 23.5. The van der Waals surface area contributed by atoms with Gasteiger partial charge in [-0.3, -0.25) is 0 Å². The van der Waals surface area contributed by atoms with Crippen molar-refractivity contribution in [3.63, 3.8) is 0 Å². The van der Waals surface area contributed by atoms with Gasteiger partial charge in [-0.25, -0.2) is 8.42 Å². The van der Waals surface area contributed by atoms with Crippen molar-refractivity contribution in [1.29, 1.82) is 0 Å². The van der Waals surface area contributed by atoms with Gasteiger partial charge in [0.15, 0.2) is 5.79 Å². The van der Waals surface area contributed by atoms with Crippen LogP contribution in [0, 0.1) is 0 Å². The molecule has 9 heteroatoms. The quantitative estimate of drug-likeness (QED) is 0.763. The second-order valence-corrected chi connectivity index (χ2v) is 9.68. The van der Waals surface area contributed by atoms with Gasteiger partial charge in [0.1, 0.15) is 4.21 Å². The lowest BCUT2D eigenvalue weighted by atomic mass is 10.1. The average Bonchev–Trinajstić information content (AvgIpc) is 2.98. The Bertz CT molecular complexity index is 592. The molecule has 0 amide bonds. The summed E-state index contributed by atoms with van der Waals surface area (Å²) >= 11 is 10.3. The molecule has 5 nitrogen and oxygen atoms in total. The van der Waals surface area contributed by atoms with E-state index in [1.54, 1.807) is 0 Å². The minimum Gasteiger partial charge on any atom is -0.346 e. The zero-order valence-electron chi connectivity index (χ0n) is 10.5. The number of piperidine rings is 1. The Morgan fingerprint density at radius 1 is 1.40 bits per heavy atom. The number of nitrogens with zero attached hydrogens (tertiary/aromatic N) is 1. The molecule has 2 fully saturated rings. The Hall–Kier alpha value is 0.300. The van der Waals surface area contributed by atoms with Crippen molar-refractivity contribution in [3.8, 4) is 0 Å². The first-order valence-corrected chi connectivity index (χ1v) is 9.59. The van der Waals surface area contributed by atoms with E-state index in [2.05, 4.69) is 15.9 Å². The van der Waals surface area contributed by atoms with E-state index in [-0.39, 0.29) is 10.8 Å². The van der Waals surface area contributed by atoms with Gasteiger partial charge in [-0.15, -0.1) is 11.3 Å². The number of rotatable bonds is 2. The number of ether oxygens (including phenoxy) is 2. The van der Waals surface area contributed by atoms with Crippen LogP contribution in [0.25, 0.3) is 0 Å². The summed E-state index contributed by atoms with van der Waals surface area (Å²) in [7, 11) is -3.55. The SMILES string of the molecule is O=S(=O)(c1cc(Cl)c(Br)s1)N1CCCC2(C1)OCCO2. The first kappa shape index (κ1) is 15.2. The number of hydrogen-bond donors (Lipinski definition) is 0. The summed E-state index contributed by atoms with van der Waals surface area (Å²) < 4.78 is 38.8. The molecule has 0 radical (unpaired) electrons. The van der Waals surface area contributed by atoms with E-state index in [4.69, 9.17) is 21.1 Å². The van der Waals surface area contributed by atoms with Crippen LogP contribution in [-0.2, 0) is 19.5 Å². The fourth-order valence-corrected chi connectivity index (χ4v) is 6.54. The molecule has 3 heterocycles. The maximum Gasteiger partial charge on any atom is 0.252 e. The standard InChI is InChI=1S/C11H13BrClNO4S2/c12-10-8(13)6-9(19-10)20(15,16)14-3-1-2-11(7-14)17-4-5-18-11/h6H,1-5,7H2. The van der Waals surface area contributed by atoms with E-state index in [1.165, 1.54) is 10.4 Å². The van der Waals surface area contributed by atoms with Crippen LogP contribution >= 0.6 is 38.9 Å². The Kier molecular flexibility index (Phi) is 4.18. The largest absolute Gasteiger partial charge is 0.346 e. The third kappa shape index (κ3) is 2.67. The molecule has 1 aromatic heterocycles. The zero-order chi connectivity index (χ0) is 14.4. The van der Waals surface area contributed by atoms with Crippen molar-refractivity contribution in [2.24, 2.45) is 0 Å². The zero-order valence-corrected chi connectivity index (χ0v) is 14.4. The van der Waals surface area contributed by atoms with Crippen LogP contribution in [0.1, 0.15) is 12.8 Å². The number of sulfonamides is 1. The Morgan fingerprint density at radius 2 is 2.10 bits per heavy atom. The molecule has 0 atom stereocenters.